The van der Waals surface area contributed by atoms with Gasteiger partial charge in [0.2, 0.25) is 6.41 Å². The third kappa shape index (κ3) is 4.48. The highest BCUT2D eigenvalue weighted by Gasteiger charge is 2.37. The van der Waals surface area contributed by atoms with Crippen LogP contribution in [-0.2, 0) is 16.9 Å². The zero-order valence-corrected chi connectivity index (χ0v) is 18.8. The summed E-state index contributed by atoms with van der Waals surface area (Å²) in [5.41, 5.74) is 8.11. The van der Waals surface area contributed by atoms with E-state index in [4.69, 9.17) is 10.5 Å². The summed E-state index contributed by atoms with van der Waals surface area (Å²) in [6.07, 6.45) is 3.55. The Morgan fingerprint density at radius 3 is 2.88 bits per heavy atom. The second-order valence-electron chi connectivity index (χ2n) is 7.77. The van der Waals surface area contributed by atoms with Crippen LogP contribution in [0.15, 0.2) is 42.0 Å². The summed E-state index contributed by atoms with van der Waals surface area (Å²) < 4.78 is 5.24. The Hall–Kier alpha value is -3.99. The molecule has 33 heavy (non-hydrogen) atoms. The quantitative estimate of drug-likeness (QED) is 0.453. The van der Waals surface area contributed by atoms with Crippen molar-refractivity contribution in [1.82, 2.24) is 25.5 Å². The van der Waals surface area contributed by atoms with Crippen LogP contribution >= 0.6 is 11.3 Å². The van der Waals surface area contributed by atoms with Crippen molar-refractivity contribution in [2.45, 2.75) is 19.0 Å². The van der Waals surface area contributed by atoms with Gasteiger partial charge in [0, 0.05) is 42.0 Å². The van der Waals surface area contributed by atoms with Gasteiger partial charge in [-0.1, -0.05) is 6.07 Å². The molecule has 3 heterocycles. The topological polar surface area (TPSA) is 140 Å². The van der Waals surface area contributed by atoms with Crippen molar-refractivity contribution < 1.29 is 19.1 Å². The first-order chi connectivity index (χ1) is 15.8. The van der Waals surface area contributed by atoms with Gasteiger partial charge in [-0.3, -0.25) is 19.9 Å². The summed E-state index contributed by atoms with van der Waals surface area (Å²) in [6, 6.07) is 6.50. The number of aromatic nitrogens is 2. The van der Waals surface area contributed by atoms with E-state index in [1.807, 2.05) is 17.5 Å². The Labute approximate surface area is 193 Å². The third-order valence-electron chi connectivity index (χ3n) is 5.48. The van der Waals surface area contributed by atoms with E-state index in [9.17, 15) is 14.4 Å². The molecule has 11 heteroatoms. The molecule has 1 aliphatic heterocycles. The van der Waals surface area contributed by atoms with Crippen LogP contribution in [0.3, 0.4) is 0 Å². The van der Waals surface area contributed by atoms with E-state index in [1.54, 1.807) is 43.5 Å². The summed E-state index contributed by atoms with van der Waals surface area (Å²) in [5.74, 6) is 0.416. The average Bonchev–Trinajstić information content (AvgIpc) is 3.37. The van der Waals surface area contributed by atoms with E-state index >= 15 is 0 Å². The third-order valence-corrected chi connectivity index (χ3v) is 6.15. The van der Waals surface area contributed by atoms with Crippen molar-refractivity contribution >= 4 is 34.8 Å². The molecule has 0 bridgehead atoms. The fourth-order valence-electron chi connectivity index (χ4n) is 3.82. The first-order valence-electron chi connectivity index (χ1n) is 9.98. The Morgan fingerprint density at radius 1 is 1.36 bits per heavy atom. The number of urea groups is 1. The number of nitrogens with two attached hydrogens (primary N) is 1. The van der Waals surface area contributed by atoms with Gasteiger partial charge in [0.1, 0.15) is 5.75 Å². The fraction of sp³-hybridized carbons (Fsp3) is 0.227. The lowest BCUT2D eigenvalue weighted by molar-refractivity contribution is -0.108. The van der Waals surface area contributed by atoms with Gasteiger partial charge in [-0.05, 0) is 36.2 Å². The number of hydrogen-bond acceptors (Lipinski definition) is 8. The summed E-state index contributed by atoms with van der Waals surface area (Å²) in [4.78, 5) is 46.5. The molecule has 0 fully saturated rings. The van der Waals surface area contributed by atoms with E-state index in [0.717, 1.165) is 5.56 Å². The van der Waals surface area contributed by atoms with Crippen molar-refractivity contribution in [3.05, 3.63) is 58.7 Å². The molecule has 4 N–H and O–H groups in total. The molecule has 0 spiro atoms. The molecule has 1 aromatic carbocycles. The number of benzene rings is 1. The highest BCUT2D eigenvalue weighted by Crippen LogP contribution is 2.32. The zero-order valence-electron chi connectivity index (χ0n) is 18.0. The Balaban J connectivity index is 1.67. The molecule has 0 unspecified atom stereocenters. The molecular formula is C22H22N6O4S. The summed E-state index contributed by atoms with van der Waals surface area (Å²) in [6.45, 7) is 2.28. The van der Waals surface area contributed by atoms with Gasteiger partial charge in [-0.15, -0.1) is 11.3 Å². The van der Waals surface area contributed by atoms with Crippen LogP contribution in [0.1, 0.15) is 28.4 Å². The van der Waals surface area contributed by atoms with E-state index in [1.165, 1.54) is 11.3 Å². The van der Waals surface area contributed by atoms with Crippen LogP contribution in [0.25, 0.3) is 11.3 Å². The monoisotopic (exact) mass is 466 g/mol. The number of thiazole rings is 1. The Bertz CT molecular complexity index is 1230. The summed E-state index contributed by atoms with van der Waals surface area (Å²) in [7, 11) is 1.54. The van der Waals surface area contributed by atoms with Gasteiger partial charge in [0.25, 0.3) is 5.91 Å². The fourth-order valence-corrected chi connectivity index (χ4v) is 4.39. The smallest absolute Gasteiger partial charge is 0.321 e. The van der Waals surface area contributed by atoms with Crippen LogP contribution in [0.2, 0.25) is 0 Å². The van der Waals surface area contributed by atoms with Gasteiger partial charge in [-0.25, -0.2) is 9.78 Å². The number of rotatable bonds is 7. The first kappa shape index (κ1) is 22.2. The average molecular weight is 467 g/mol. The van der Waals surface area contributed by atoms with Gasteiger partial charge in [0.05, 0.1) is 18.3 Å². The number of carbonyl (C=O) groups is 3. The van der Waals surface area contributed by atoms with Crippen molar-refractivity contribution in [3.8, 4) is 17.0 Å². The van der Waals surface area contributed by atoms with E-state index in [-0.39, 0.29) is 12.5 Å². The number of nitrogens with one attached hydrogen (secondary N) is 2. The standard InChI is InChI=1S/C22H22N6O4S/c1-22(27-21(31)25-12-29,15-5-14(7-24-8-15)18-10-33-20(23)26-18)11-28-9-13-3-4-16(32-2)6-17(13)19(28)30/h3-8,10,12H,9,11H2,1-2H3,(H2,23,26)(H2,25,27,29,31)/t22-/m0/s1. The van der Waals surface area contributed by atoms with Crippen molar-refractivity contribution in [1.29, 1.82) is 0 Å². The number of fused-ring (bicyclic) bond motifs is 1. The number of amides is 4. The minimum Gasteiger partial charge on any atom is -0.497 e. The van der Waals surface area contributed by atoms with Gasteiger partial charge >= 0.3 is 6.03 Å². The normalized spacial score (nSPS) is 14.4. The molecule has 3 aromatic rings. The maximum atomic E-state index is 13.1. The molecule has 1 aliphatic rings. The minimum atomic E-state index is -1.07. The largest absolute Gasteiger partial charge is 0.497 e. The number of methoxy groups -OCH3 is 1. The molecule has 10 nitrogen and oxygen atoms in total. The highest BCUT2D eigenvalue weighted by molar-refractivity contribution is 7.13. The molecular weight excluding hydrogens is 444 g/mol. The summed E-state index contributed by atoms with van der Waals surface area (Å²) >= 11 is 1.31. The number of pyridine rings is 1. The lowest BCUT2D eigenvalue weighted by atomic mass is 9.91. The Morgan fingerprint density at radius 2 is 2.18 bits per heavy atom. The predicted octanol–water partition coefficient (Wildman–Crippen LogP) is 2.12. The van der Waals surface area contributed by atoms with Crippen molar-refractivity contribution in [3.63, 3.8) is 0 Å². The molecule has 0 saturated heterocycles. The van der Waals surface area contributed by atoms with Crippen molar-refractivity contribution in [2.24, 2.45) is 0 Å². The Kier molecular flexibility index (Phi) is 5.97. The molecule has 0 radical (unpaired) electrons. The van der Waals surface area contributed by atoms with Crippen LogP contribution in [0.5, 0.6) is 5.75 Å². The lowest BCUT2D eigenvalue weighted by Gasteiger charge is -2.35. The number of imide groups is 1. The van der Waals surface area contributed by atoms with Crippen LogP contribution < -0.4 is 21.1 Å². The van der Waals surface area contributed by atoms with E-state index < -0.39 is 11.6 Å². The van der Waals surface area contributed by atoms with Crippen LogP contribution in [0.4, 0.5) is 9.93 Å². The lowest BCUT2D eigenvalue weighted by Crippen LogP contribution is -2.54. The maximum absolute atomic E-state index is 13.1. The second kappa shape index (κ2) is 8.87. The molecule has 0 aliphatic carbocycles. The van der Waals surface area contributed by atoms with E-state index in [2.05, 4.69) is 20.6 Å². The SMILES string of the molecule is COc1ccc2c(c1)C(=O)N(C[C@](C)(NC(=O)NC=O)c1cncc(-c3csc(N)n3)c1)C2. The zero-order chi connectivity index (χ0) is 23.6. The maximum Gasteiger partial charge on any atom is 0.321 e. The molecule has 4 rings (SSSR count). The number of hydrogen-bond donors (Lipinski definition) is 3. The van der Waals surface area contributed by atoms with Gasteiger partial charge in [-0.2, -0.15) is 0 Å². The predicted molar refractivity (Wildman–Crippen MR) is 123 cm³/mol. The van der Waals surface area contributed by atoms with Gasteiger partial charge in [0.15, 0.2) is 5.13 Å². The highest BCUT2D eigenvalue weighted by atomic mass is 32.1. The first-order valence-corrected chi connectivity index (χ1v) is 10.9. The molecule has 0 saturated carbocycles. The number of carbonyl (C=O) groups excluding carboxylic acids is 3. The second-order valence-corrected chi connectivity index (χ2v) is 8.66. The number of ether oxygens (including phenoxy) is 1. The van der Waals surface area contributed by atoms with Crippen molar-refractivity contribution in [2.75, 3.05) is 19.4 Å². The summed E-state index contributed by atoms with van der Waals surface area (Å²) in [5, 5.41) is 7.14. The molecule has 4 amide bonds. The van der Waals surface area contributed by atoms with Crippen LogP contribution in [0, 0.1) is 0 Å². The number of nitrogens with zero attached hydrogens (tertiary/aromatic N) is 3. The number of anilines is 1. The minimum absolute atomic E-state index is 0.138. The molecule has 1 atom stereocenters. The van der Waals surface area contributed by atoms with Crippen LogP contribution in [-0.4, -0.2) is 46.9 Å². The molecule has 170 valence electrons. The molecule has 2 aromatic heterocycles. The van der Waals surface area contributed by atoms with Gasteiger partial charge < -0.3 is 20.7 Å². The van der Waals surface area contributed by atoms with E-state index in [0.29, 0.717) is 46.2 Å². The number of nitrogen functional groups attached to an aromatic ring is 1.